The Bertz CT molecular complexity index is 1290. The summed E-state index contributed by atoms with van der Waals surface area (Å²) in [6, 6.07) is 13.7. The highest BCUT2D eigenvalue weighted by atomic mass is 16.5. The van der Waals surface area contributed by atoms with Gasteiger partial charge in [0, 0.05) is 0 Å². The van der Waals surface area contributed by atoms with E-state index in [2.05, 4.69) is 10.5 Å². The molecule has 0 atom stereocenters. The summed E-state index contributed by atoms with van der Waals surface area (Å²) < 4.78 is 16.3. The number of rotatable bonds is 6. The number of carbonyl (C=O) groups excluding carboxylic acids is 3. The number of amides is 2. The lowest BCUT2D eigenvalue weighted by molar-refractivity contribution is -0.129. The maximum Gasteiger partial charge on any atom is 0.338 e. The predicted molar refractivity (Wildman–Crippen MR) is 131 cm³/mol. The average molecular weight is 490 g/mol. The summed E-state index contributed by atoms with van der Waals surface area (Å²) in [7, 11) is 0. The molecule has 5 rings (SSSR count). The van der Waals surface area contributed by atoms with Gasteiger partial charge in [0.05, 0.1) is 28.2 Å². The van der Waals surface area contributed by atoms with Crippen molar-refractivity contribution in [3.63, 3.8) is 0 Å². The molecule has 0 radical (unpaired) electrons. The number of esters is 1. The number of aromatic nitrogens is 1. The van der Waals surface area contributed by atoms with E-state index in [4.69, 9.17) is 14.0 Å². The van der Waals surface area contributed by atoms with Gasteiger partial charge in [-0.2, -0.15) is 0 Å². The molecule has 0 saturated heterocycles. The zero-order chi connectivity index (χ0) is 25.3. The summed E-state index contributed by atoms with van der Waals surface area (Å²) in [4.78, 5) is 40.6. The number of anilines is 2. The molecule has 0 bridgehead atoms. The first-order valence-electron chi connectivity index (χ1n) is 11.9. The highest BCUT2D eigenvalue weighted by Gasteiger charge is 2.52. The Morgan fingerprint density at radius 3 is 2.50 bits per heavy atom. The second-order valence-electron chi connectivity index (χ2n) is 9.13. The van der Waals surface area contributed by atoms with Gasteiger partial charge in [0.15, 0.2) is 6.61 Å². The number of aryl methyl sites for hydroxylation is 2. The Kier molecular flexibility index (Phi) is 6.22. The fourth-order valence-electron chi connectivity index (χ4n) is 4.95. The first-order valence-corrected chi connectivity index (χ1v) is 11.9. The molecular formula is C27H27N3O6. The Hall–Kier alpha value is -4.14. The lowest BCUT2D eigenvalue weighted by Crippen LogP contribution is -2.61. The lowest BCUT2D eigenvalue weighted by Gasteiger charge is -2.44. The quantitative estimate of drug-likeness (QED) is 0.513. The van der Waals surface area contributed by atoms with Gasteiger partial charge in [0.25, 0.3) is 11.8 Å². The Balaban J connectivity index is 1.25. The van der Waals surface area contributed by atoms with Crippen LogP contribution in [0, 0.1) is 13.8 Å². The van der Waals surface area contributed by atoms with Crippen molar-refractivity contribution in [2.45, 2.75) is 51.7 Å². The van der Waals surface area contributed by atoms with Crippen molar-refractivity contribution in [3.8, 4) is 5.75 Å². The van der Waals surface area contributed by atoms with Crippen LogP contribution in [0.3, 0.4) is 0 Å². The molecule has 1 saturated carbocycles. The SMILES string of the molecule is Cc1noc(C)c1COc1ccc(C(=O)OCC(=O)N2c3ccccc3NC(=O)C23CCCC3)cc1. The molecule has 2 amide bonds. The maximum absolute atomic E-state index is 13.3. The van der Waals surface area contributed by atoms with Gasteiger partial charge in [-0.15, -0.1) is 0 Å². The maximum atomic E-state index is 13.3. The van der Waals surface area contributed by atoms with E-state index >= 15 is 0 Å². The van der Waals surface area contributed by atoms with Gasteiger partial charge in [0.2, 0.25) is 0 Å². The Morgan fingerprint density at radius 1 is 1.08 bits per heavy atom. The molecule has 1 spiro atoms. The minimum atomic E-state index is -0.946. The molecule has 36 heavy (non-hydrogen) atoms. The molecule has 1 aliphatic heterocycles. The van der Waals surface area contributed by atoms with E-state index in [1.165, 1.54) is 4.90 Å². The molecule has 3 aromatic rings. The monoisotopic (exact) mass is 489 g/mol. The van der Waals surface area contributed by atoms with E-state index in [1.54, 1.807) is 42.5 Å². The largest absolute Gasteiger partial charge is 0.489 e. The van der Waals surface area contributed by atoms with Crippen LogP contribution in [-0.4, -0.2) is 35.1 Å². The Labute approximate surface area is 208 Å². The number of nitrogens with zero attached hydrogens (tertiary/aromatic N) is 2. The fraction of sp³-hybridized carbons (Fsp3) is 0.333. The number of para-hydroxylation sites is 2. The molecule has 1 aromatic heterocycles. The van der Waals surface area contributed by atoms with E-state index in [0.717, 1.165) is 24.1 Å². The van der Waals surface area contributed by atoms with Gasteiger partial charge >= 0.3 is 5.97 Å². The normalized spacial score (nSPS) is 15.9. The number of hydrogen-bond donors (Lipinski definition) is 1. The number of nitrogens with one attached hydrogen (secondary N) is 1. The van der Waals surface area contributed by atoms with E-state index in [-0.39, 0.29) is 5.91 Å². The van der Waals surface area contributed by atoms with Crippen LogP contribution in [0.25, 0.3) is 0 Å². The topological polar surface area (TPSA) is 111 Å². The summed E-state index contributed by atoms with van der Waals surface area (Å²) in [5.41, 5.74) is 2.19. The molecule has 1 N–H and O–H groups in total. The van der Waals surface area contributed by atoms with Gasteiger partial charge in [-0.25, -0.2) is 4.79 Å². The van der Waals surface area contributed by atoms with Crippen LogP contribution in [0.15, 0.2) is 53.1 Å². The molecule has 1 fully saturated rings. The van der Waals surface area contributed by atoms with Crippen LogP contribution >= 0.6 is 0 Å². The van der Waals surface area contributed by atoms with Crippen molar-refractivity contribution in [1.82, 2.24) is 5.16 Å². The molecule has 1 aliphatic carbocycles. The number of carbonyl (C=O) groups is 3. The molecule has 2 aliphatic rings. The second kappa shape index (κ2) is 9.49. The summed E-state index contributed by atoms with van der Waals surface area (Å²) >= 11 is 0. The lowest BCUT2D eigenvalue weighted by atomic mass is 9.90. The third-order valence-electron chi connectivity index (χ3n) is 6.91. The number of fused-ring (bicyclic) bond motifs is 1. The van der Waals surface area contributed by atoms with E-state index in [0.29, 0.717) is 47.9 Å². The number of benzene rings is 2. The first kappa shape index (κ1) is 23.6. The van der Waals surface area contributed by atoms with Gasteiger partial charge in [0.1, 0.15) is 23.7 Å². The third kappa shape index (κ3) is 4.21. The van der Waals surface area contributed by atoms with E-state index in [9.17, 15) is 14.4 Å². The van der Waals surface area contributed by atoms with Gasteiger partial charge in [-0.1, -0.05) is 30.1 Å². The van der Waals surface area contributed by atoms with Gasteiger partial charge in [-0.3, -0.25) is 14.5 Å². The van der Waals surface area contributed by atoms with Crippen molar-refractivity contribution in [2.24, 2.45) is 0 Å². The second-order valence-corrected chi connectivity index (χ2v) is 9.13. The zero-order valence-electron chi connectivity index (χ0n) is 20.2. The van der Waals surface area contributed by atoms with Crippen LogP contribution in [0.5, 0.6) is 5.75 Å². The first-order chi connectivity index (χ1) is 17.4. The Morgan fingerprint density at radius 2 is 1.81 bits per heavy atom. The van der Waals surface area contributed by atoms with Crippen molar-refractivity contribution in [2.75, 3.05) is 16.8 Å². The van der Waals surface area contributed by atoms with Crippen LogP contribution in [0.2, 0.25) is 0 Å². The zero-order valence-corrected chi connectivity index (χ0v) is 20.2. The highest BCUT2D eigenvalue weighted by Crippen LogP contribution is 2.45. The van der Waals surface area contributed by atoms with Crippen molar-refractivity contribution in [1.29, 1.82) is 0 Å². The van der Waals surface area contributed by atoms with Gasteiger partial charge in [-0.05, 0) is 63.1 Å². The molecule has 2 aromatic carbocycles. The van der Waals surface area contributed by atoms with Crippen LogP contribution in [0.1, 0.15) is 53.1 Å². The summed E-state index contributed by atoms with van der Waals surface area (Å²) in [6.07, 6.45) is 2.85. The van der Waals surface area contributed by atoms with Crippen molar-refractivity contribution in [3.05, 3.63) is 71.1 Å². The van der Waals surface area contributed by atoms with E-state index < -0.39 is 24.0 Å². The van der Waals surface area contributed by atoms with Crippen molar-refractivity contribution < 1.29 is 28.4 Å². The molecule has 9 nitrogen and oxygen atoms in total. The number of hydrogen-bond acceptors (Lipinski definition) is 7. The van der Waals surface area contributed by atoms with Gasteiger partial charge < -0.3 is 19.3 Å². The van der Waals surface area contributed by atoms with Crippen LogP contribution in [0.4, 0.5) is 11.4 Å². The summed E-state index contributed by atoms with van der Waals surface area (Å²) in [5, 5.41) is 6.84. The van der Waals surface area contributed by atoms with E-state index in [1.807, 2.05) is 19.9 Å². The molecular weight excluding hydrogens is 462 g/mol. The van der Waals surface area contributed by atoms with Crippen molar-refractivity contribution >= 4 is 29.2 Å². The molecule has 186 valence electrons. The average Bonchev–Trinajstić information content (AvgIpc) is 3.49. The minimum absolute atomic E-state index is 0.189. The van der Waals surface area contributed by atoms with Crippen LogP contribution < -0.4 is 15.0 Å². The highest BCUT2D eigenvalue weighted by molar-refractivity contribution is 6.15. The number of ether oxygens (including phenoxy) is 2. The molecule has 0 unspecified atom stereocenters. The summed E-state index contributed by atoms with van der Waals surface area (Å²) in [5.74, 6) is 0.0284. The van der Waals surface area contributed by atoms with Crippen LogP contribution in [-0.2, 0) is 20.9 Å². The molecule has 2 heterocycles. The smallest absolute Gasteiger partial charge is 0.338 e. The third-order valence-corrected chi connectivity index (χ3v) is 6.91. The standard InChI is InChI=1S/C27H27N3O6/c1-17-21(18(2)36-29-17)15-34-20-11-9-19(10-12-20)25(32)35-16-24(31)30-23-8-4-3-7-22(23)28-26(33)27(30)13-5-6-14-27/h3-4,7-12H,5-6,13-16H2,1-2H3,(H,28,33). The predicted octanol–water partition coefficient (Wildman–Crippen LogP) is 4.33. The fourth-order valence-corrected chi connectivity index (χ4v) is 4.95. The minimum Gasteiger partial charge on any atom is -0.489 e. The summed E-state index contributed by atoms with van der Waals surface area (Å²) in [6.45, 7) is 3.50. The molecule has 9 heteroatoms.